The topological polar surface area (TPSA) is 32.9 Å². The van der Waals surface area contributed by atoms with Crippen molar-refractivity contribution in [3.05, 3.63) is 36.0 Å². The molecule has 0 fully saturated rings. The lowest BCUT2D eigenvalue weighted by molar-refractivity contribution is -0.108. The van der Waals surface area contributed by atoms with Crippen LogP contribution in [-0.4, -0.2) is 11.3 Å². The van der Waals surface area contributed by atoms with Gasteiger partial charge in [-0.2, -0.15) is 0 Å². The Morgan fingerprint density at radius 2 is 2.06 bits per heavy atom. The first-order valence-corrected chi connectivity index (χ1v) is 5.73. The van der Waals surface area contributed by atoms with Crippen LogP contribution in [0.25, 0.3) is 10.9 Å². The molecule has 16 heavy (non-hydrogen) atoms. The van der Waals surface area contributed by atoms with Crippen molar-refractivity contribution in [3.8, 4) is 0 Å². The van der Waals surface area contributed by atoms with E-state index < -0.39 is 0 Å². The Balaban J connectivity index is 2.48. The number of hydrogen-bond acceptors (Lipinski definition) is 1. The van der Waals surface area contributed by atoms with Gasteiger partial charge in [0.05, 0.1) is 0 Å². The second kappa shape index (κ2) is 4.52. The molecule has 2 nitrogen and oxygen atoms in total. The molecule has 1 N–H and O–H groups in total. The largest absolute Gasteiger partial charge is 0.361 e. The Hall–Kier alpha value is -1.57. The van der Waals surface area contributed by atoms with E-state index in [1.165, 1.54) is 10.9 Å². The number of para-hydroxylation sites is 1. The van der Waals surface area contributed by atoms with E-state index in [-0.39, 0.29) is 0 Å². The number of benzene rings is 1. The van der Waals surface area contributed by atoms with E-state index in [4.69, 9.17) is 0 Å². The number of aromatic nitrogens is 1. The standard InChI is InChI=1S/C14H17NO/c1-10(2)11(7-8-16)13-9-15-14-6-4-3-5-12(13)14/h3-6,8-11,15H,7H2,1-2H3/t11-/m0/s1. The molecule has 0 amide bonds. The van der Waals surface area contributed by atoms with Crippen LogP contribution in [-0.2, 0) is 4.79 Å². The predicted molar refractivity (Wildman–Crippen MR) is 66.6 cm³/mol. The van der Waals surface area contributed by atoms with Gasteiger partial charge in [-0.05, 0) is 23.5 Å². The maximum Gasteiger partial charge on any atom is 0.120 e. The third-order valence-corrected chi connectivity index (χ3v) is 3.18. The van der Waals surface area contributed by atoms with Crippen LogP contribution in [0, 0.1) is 5.92 Å². The first kappa shape index (κ1) is 10.9. The lowest BCUT2D eigenvalue weighted by Gasteiger charge is -2.17. The molecule has 1 atom stereocenters. The first-order chi connectivity index (χ1) is 7.74. The summed E-state index contributed by atoms with van der Waals surface area (Å²) in [7, 11) is 0. The minimum absolute atomic E-state index is 0.314. The molecule has 2 aromatic rings. The molecule has 0 aliphatic carbocycles. The van der Waals surface area contributed by atoms with Gasteiger partial charge in [0.15, 0.2) is 0 Å². The van der Waals surface area contributed by atoms with E-state index >= 15 is 0 Å². The Bertz CT molecular complexity index is 484. The molecule has 1 heterocycles. The van der Waals surface area contributed by atoms with Crippen LogP contribution < -0.4 is 0 Å². The molecule has 0 aliphatic heterocycles. The Kier molecular flexibility index (Phi) is 3.09. The van der Waals surface area contributed by atoms with Gasteiger partial charge >= 0.3 is 0 Å². The number of aldehydes is 1. The summed E-state index contributed by atoms with van der Waals surface area (Å²) in [5, 5.41) is 1.24. The number of fused-ring (bicyclic) bond motifs is 1. The molecule has 0 bridgehead atoms. The number of rotatable bonds is 4. The van der Waals surface area contributed by atoms with Crippen LogP contribution in [0.1, 0.15) is 31.7 Å². The molecule has 0 aliphatic rings. The average Bonchev–Trinajstić information content (AvgIpc) is 2.69. The molecule has 1 aromatic carbocycles. The average molecular weight is 215 g/mol. The van der Waals surface area contributed by atoms with Crippen molar-refractivity contribution in [1.29, 1.82) is 0 Å². The maximum absolute atomic E-state index is 10.7. The zero-order valence-electron chi connectivity index (χ0n) is 9.73. The zero-order chi connectivity index (χ0) is 11.5. The van der Waals surface area contributed by atoms with Gasteiger partial charge in [-0.15, -0.1) is 0 Å². The highest BCUT2D eigenvalue weighted by Gasteiger charge is 2.18. The fourth-order valence-electron chi connectivity index (χ4n) is 2.26. The second-order valence-corrected chi connectivity index (χ2v) is 4.54. The molecular formula is C14H17NO. The molecule has 0 unspecified atom stereocenters. The van der Waals surface area contributed by atoms with Crippen LogP contribution in [0.5, 0.6) is 0 Å². The molecular weight excluding hydrogens is 198 g/mol. The number of carbonyl (C=O) groups is 1. The summed E-state index contributed by atoms with van der Waals surface area (Å²) >= 11 is 0. The number of hydrogen-bond donors (Lipinski definition) is 1. The number of carbonyl (C=O) groups excluding carboxylic acids is 1. The molecule has 2 heteroatoms. The summed E-state index contributed by atoms with van der Waals surface area (Å²) in [5.41, 5.74) is 2.41. The van der Waals surface area contributed by atoms with Gasteiger partial charge < -0.3 is 9.78 Å². The minimum atomic E-state index is 0.314. The van der Waals surface area contributed by atoms with Crippen LogP contribution in [0.4, 0.5) is 0 Å². The summed E-state index contributed by atoms with van der Waals surface area (Å²) in [5.74, 6) is 0.790. The zero-order valence-corrected chi connectivity index (χ0v) is 9.73. The van der Waals surface area contributed by atoms with Crippen molar-refractivity contribution < 1.29 is 4.79 Å². The van der Waals surface area contributed by atoms with Crippen molar-refractivity contribution >= 4 is 17.2 Å². The molecule has 0 saturated heterocycles. The summed E-state index contributed by atoms with van der Waals surface area (Å²) in [4.78, 5) is 14.0. The van der Waals surface area contributed by atoms with Crippen LogP contribution in [0.2, 0.25) is 0 Å². The Labute approximate surface area is 95.7 Å². The summed E-state index contributed by atoms with van der Waals surface area (Å²) < 4.78 is 0. The van der Waals surface area contributed by atoms with Crippen LogP contribution >= 0.6 is 0 Å². The highest BCUT2D eigenvalue weighted by molar-refractivity contribution is 5.84. The molecule has 1 aromatic heterocycles. The van der Waals surface area contributed by atoms with E-state index in [0.717, 1.165) is 11.8 Å². The summed E-state index contributed by atoms with van der Waals surface area (Å²) in [6.07, 6.45) is 3.66. The van der Waals surface area contributed by atoms with Crippen LogP contribution in [0.3, 0.4) is 0 Å². The molecule has 0 spiro atoms. The Morgan fingerprint density at radius 3 is 2.75 bits per heavy atom. The summed E-state index contributed by atoms with van der Waals surface area (Å²) in [6, 6.07) is 8.24. The lowest BCUT2D eigenvalue weighted by Crippen LogP contribution is -2.06. The molecule has 84 valence electrons. The quantitative estimate of drug-likeness (QED) is 0.778. The third-order valence-electron chi connectivity index (χ3n) is 3.18. The van der Waals surface area contributed by atoms with Gasteiger partial charge in [0, 0.05) is 23.5 Å². The van der Waals surface area contributed by atoms with E-state index in [9.17, 15) is 4.79 Å². The number of aromatic amines is 1. The van der Waals surface area contributed by atoms with Gasteiger partial charge in [-0.25, -0.2) is 0 Å². The highest BCUT2D eigenvalue weighted by Crippen LogP contribution is 2.32. The fraction of sp³-hybridized carbons (Fsp3) is 0.357. The minimum Gasteiger partial charge on any atom is -0.361 e. The Morgan fingerprint density at radius 1 is 1.31 bits per heavy atom. The van der Waals surface area contributed by atoms with Gasteiger partial charge in [-0.1, -0.05) is 32.0 Å². The SMILES string of the molecule is CC(C)[C@H](CC=O)c1c[nH]c2ccccc12. The van der Waals surface area contributed by atoms with Crippen molar-refractivity contribution in [1.82, 2.24) is 4.98 Å². The predicted octanol–water partition coefficient (Wildman–Crippen LogP) is 3.50. The van der Waals surface area contributed by atoms with Crippen molar-refractivity contribution in [2.45, 2.75) is 26.2 Å². The van der Waals surface area contributed by atoms with Crippen LogP contribution in [0.15, 0.2) is 30.5 Å². The smallest absolute Gasteiger partial charge is 0.120 e. The van der Waals surface area contributed by atoms with Gasteiger partial charge in [-0.3, -0.25) is 0 Å². The van der Waals surface area contributed by atoms with E-state index in [2.05, 4.69) is 31.0 Å². The molecule has 0 radical (unpaired) electrons. The van der Waals surface area contributed by atoms with Crippen molar-refractivity contribution in [3.63, 3.8) is 0 Å². The van der Waals surface area contributed by atoms with Gasteiger partial charge in [0.2, 0.25) is 0 Å². The van der Waals surface area contributed by atoms with Gasteiger partial charge in [0.1, 0.15) is 6.29 Å². The fourth-order valence-corrected chi connectivity index (χ4v) is 2.26. The van der Waals surface area contributed by atoms with E-state index in [1.807, 2.05) is 18.3 Å². The molecule has 0 saturated carbocycles. The highest BCUT2D eigenvalue weighted by atomic mass is 16.1. The maximum atomic E-state index is 10.7. The number of H-pyrrole nitrogens is 1. The monoisotopic (exact) mass is 215 g/mol. The van der Waals surface area contributed by atoms with Crippen molar-refractivity contribution in [2.24, 2.45) is 5.92 Å². The van der Waals surface area contributed by atoms with Crippen molar-refractivity contribution in [2.75, 3.05) is 0 Å². The summed E-state index contributed by atoms with van der Waals surface area (Å²) in [6.45, 7) is 4.33. The number of nitrogens with one attached hydrogen (secondary N) is 1. The lowest BCUT2D eigenvalue weighted by atomic mass is 9.86. The second-order valence-electron chi connectivity index (χ2n) is 4.54. The third kappa shape index (κ3) is 1.87. The normalized spacial score (nSPS) is 13.2. The van der Waals surface area contributed by atoms with Gasteiger partial charge in [0.25, 0.3) is 0 Å². The van der Waals surface area contributed by atoms with E-state index in [1.54, 1.807) is 0 Å². The molecule has 2 rings (SSSR count). The van der Waals surface area contributed by atoms with E-state index in [0.29, 0.717) is 18.3 Å². The first-order valence-electron chi connectivity index (χ1n) is 5.73.